The van der Waals surface area contributed by atoms with Crippen molar-refractivity contribution in [3.05, 3.63) is 40.5 Å². The Morgan fingerprint density at radius 1 is 1.21 bits per heavy atom. The zero-order chi connectivity index (χ0) is 20.1. The third-order valence-corrected chi connectivity index (χ3v) is 6.29. The average Bonchev–Trinajstić information content (AvgIpc) is 3.21. The predicted octanol–water partition coefficient (Wildman–Crippen LogP) is 4.63. The summed E-state index contributed by atoms with van der Waals surface area (Å²) < 4.78 is 1.97. The average molecular weight is 416 g/mol. The van der Waals surface area contributed by atoms with E-state index in [1.54, 1.807) is 0 Å². The van der Waals surface area contributed by atoms with Gasteiger partial charge in [-0.15, -0.1) is 21.5 Å². The SMILES string of the molecule is CCCCc1nnc(SCC(=O)Nc2nc(-c3ccc(C)cc3)c(C)s2)n1C. The van der Waals surface area contributed by atoms with Crippen LogP contribution in [-0.4, -0.2) is 31.4 Å². The molecule has 0 aliphatic heterocycles. The molecule has 0 radical (unpaired) electrons. The number of unbranched alkanes of at least 4 members (excludes halogenated alkanes) is 1. The Labute approximate surface area is 173 Å². The number of rotatable bonds is 8. The number of nitrogens with one attached hydrogen (secondary N) is 1. The molecule has 2 heterocycles. The largest absolute Gasteiger partial charge is 0.309 e. The lowest BCUT2D eigenvalue weighted by molar-refractivity contribution is -0.113. The van der Waals surface area contributed by atoms with Crippen LogP contribution in [0, 0.1) is 13.8 Å². The van der Waals surface area contributed by atoms with Gasteiger partial charge < -0.3 is 9.88 Å². The van der Waals surface area contributed by atoms with Crippen molar-refractivity contribution in [1.29, 1.82) is 0 Å². The first kappa shape index (κ1) is 20.5. The van der Waals surface area contributed by atoms with Crippen LogP contribution in [-0.2, 0) is 18.3 Å². The first-order valence-electron chi connectivity index (χ1n) is 9.33. The third-order valence-electron chi connectivity index (χ3n) is 4.38. The molecule has 0 bridgehead atoms. The molecule has 0 fully saturated rings. The number of thioether (sulfide) groups is 1. The van der Waals surface area contributed by atoms with Gasteiger partial charge in [0.2, 0.25) is 5.91 Å². The van der Waals surface area contributed by atoms with Crippen LogP contribution in [0.3, 0.4) is 0 Å². The Hall–Kier alpha value is -2.19. The van der Waals surface area contributed by atoms with Crippen molar-refractivity contribution >= 4 is 34.1 Å². The van der Waals surface area contributed by atoms with E-state index in [0.717, 1.165) is 46.4 Å². The van der Waals surface area contributed by atoms with Crippen molar-refractivity contribution in [1.82, 2.24) is 19.7 Å². The molecule has 0 atom stereocenters. The lowest BCUT2D eigenvalue weighted by Gasteiger charge is -2.03. The van der Waals surface area contributed by atoms with Gasteiger partial charge in [-0.3, -0.25) is 4.79 Å². The Kier molecular flexibility index (Phi) is 6.85. The maximum absolute atomic E-state index is 12.4. The highest BCUT2D eigenvalue weighted by Crippen LogP contribution is 2.30. The van der Waals surface area contributed by atoms with E-state index in [1.807, 2.05) is 18.5 Å². The molecule has 6 nitrogen and oxygen atoms in total. The minimum absolute atomic E-state index is 0.0904. The van der Waals surface area contributed by atoms with Crippen LogP contribution in [0.4, 0.5) is 5.13 Å². The molecule has 3 rings (SSSR count). The van der Waals surface area contributed by atoms with E-state index >= 15 is 0 Å². The number of hydrogen-bond acceptors (Lipinski definition) is 6. The summed E-state index contributed by atoms with van der Waals surface area (Å²) in [4.78, 5) is 18.0. The zero-order valence-electron chi connectivity index (χ0n) is 16.7. The van der Waals surface area contributed by atoms with Gasteiger partial charge in [0.15, 0.2) is 10.3 Å². The molecule has 148 valence electrons. The highest BCUT2D eigenvalue weighted by atomic mass is 32.2. The highest BCUT2D eigenvalue weighted by molar-refractivity contribution is 7.99. The molecule has 0 saturated carbocycles. The number of nitrogens with zero attached hydrogens (tertiary/aromatic N) is 4. The molecule has 0 aliphatic rings. The molecule has 1 aromatic carbocycles. The predicted molar refractivity (Wildman–Crippen MR) is 116 cm³/mol. The lowest BCUT2D eigenvalue weighted by Crippen LogP contribution is -2.14. The molecular formula is C20H25N5OS2. The van der Waals surface area contributed by atoms with E-state index in [-0.39, 0.29) is 11.7 Å². The van der Waals surface area contributed by atoms with E-state index < -0.39 is 0 Å². The minimum atomic E-state index is -0.0904. The van der Waals surface area contributed by atoms with Crippen LogP contribution in [0.1, 0.15) is 36.0 Å². The molecule has 0 unspecified atom stereocenters. The van der Waals surface area contributed by atoms with Crippen LogP contribution in [0.5, 0.6) is 0 Å². The van der Waals surface area contributed by atoms with Crippen LogP contribution in [0.25, 0.3) is 11.3 Å². The van der Waals surface area contributed by atoms with E-state index in [4.69, 9.17) is 0 Å². The summed E-state index contributed by atoms with van der Waals surface area (Å²) in [5.74, 6) is 1.15. The van der Waals surface area contributed by atoms with E-state index in [2.05, 4.69) is 58.6 Å². The second kappa shape index (κ2) is 9.34. The highest BCUT2D eigenvalue weighted by Gasteiger charge is 2.14. The second-order valence-electron chi connectivity index (χ2n) is 6.69. The van der Waals surface area contributed by atoms with Crippen LogP contribution < -0.4 is 5.32 Å². The molecule has 28 heavy (non-hydrogen) atoms. The monoisotopic (exact) mass is 415 g/mol. The Bertz CT molecular complexity index is 946. The fourth-order valence-corrected chi connectivity index (χ4v) is 4.32. The first-order chi connectivity index (χ1) is 13.5. The molecule has 1 amide bonds. The summed E-state index contributed by atoms with van der Waals surface area (Å²) in [7, 11) is 1.95. The van der Waals surface area contributed by atoms with Crippen molar-refractivity contribution in [2.75, 3.05) is 11.1 Å². The van der Waals surface area contributed by atoms with Gasteiger partial charge in [-0.25, -0.2) is 4.98 Å². The summed E-state index contributed by atoms with van der Waals surface area (Å²) in [5.41, 5.74) is 3.19. The maximum atomic E-state index is 12.4. The molecular weight excluding hydrogens is 390 g/mol. The van der Waals surface area contributed by atoms with Gasteiger partial charge in [0, 0.05) is 23.9 Å². The third kappa shape index (κ3) is 4.99. The second-order valence-corrected chi connectivity index (χ2v) is 8.83. The number of thiazole rings is 1. The smallest absolute Gasteiger partial charge is 0.236 e. The fraction of sp³-hybridized carbons (Fsp3) is 0.400. The van der Waals surface area contributed by atoms with Gasteiger partial charge >= 0.3 is 0 Å². The van der Waals surface area contributed by atoms with Crippen molar-refractivity contribution < 1.29 is 4.79 Å². The molecule has 0 saturated heterocycles. The van der Waals surface area contributed by atoms with Gasteiger partial charge in [-0.1, -0.05) is 54.9 Å². The molecule has 0 spiro atoms. The van der Waals surface area contributed by atoms with Gasteiger partial charge in [0.1, 0.15) is 5.82 Å². The number of carbonyl (C=O) groups excluding carboxylic acids is 1. The van der Waals surface area contributed by atoms with E-state index in [0.29, 0.717) is 5.13 Å². The first-order valence-corrected chi connectivity index (χ1v) is 11.1. The van der Waals surface area contributed by atoms with E-state index in [9.17, 15) is 4.79 Å². The number of carbonyl (C=O) groups is 1. The number of aryl methyl sites for hydroxylation is 3. The topological polar surface area (TPSA) is 72.7 Å². The van der Waals surface area contributed by atoms with Crippen LogP contribution in [0.15, 0.2) is 29.4 Å². The summed E-state index contributed by atoms with van der Waals surface area (Å²) in [5, 5.41) is 12.7. The van der Waals surface area contributed by atoms with E-state index in [1.165, 1.54) is 28.7 Å². The molecule has 1 N–H and O–H groups in total. The number of amides is 1. The van der Waals surface area contributed by atoms with Gasteiger partial charge in [-0.2, -0.15) is 0 Å². The van der Waals surface area contributed by atoms with Gasteiger partial charge in [-0.05, 0) is 20.3 Å². The van der Waals surface area contributed by atoms with Crippen molar-refractivity contribution in [2.24, 2.45) is 7.05 Å². The Morgan fingerprint density at radius 3 is 2.68 bits per heavy atom. The molecule has 0 aliphatic carbocycles. The van der Waals surface area contributed by atoms with Crippen LogP contribution >= 0.6 is 23.1 Å². The standard InChI is InChI=1S/C20H25N5OS2/c1-5-6-7-16-23-24-20(25(16)4)27-12-17(26)21-19-22-18(14(3)28-19)15-10-8-13(2)9-11-15/h8-11H,5-7,12H2,1-4H3,(H,21,22,26). The minimum Gasteiger partial charge on any atom is -0.309 e. The summed E-state index contributed by atoms with van der Waals surface area (Å²) in [6, 6.07) is 8.25. The number of hydrogen-bond donors (Lipinski definition) is 1. The molecule has 3 aromatic rings. The molecule has 2 aromatic heterocycles. The van der Waals surface area contributed by atoms with Crippen molar-refractivity contribution in [2.45, 2.75) is 45.2 Å². The summed E-state index contributed by atoms with van der Waals surface area (Å²) in [6.07, 6.45) is 3.12. The van der Waals surface area contributed by atoms with Crippen molar-refractivity contribution in [3.63, 3.8) is 0 Å². The number of aromatic nitrogens is 4. The summed E-state index contributed by atoms with van der Waals surface area (Å²) in [6.45, 7) is 6.24. The Morgan fingerprint density at radius 2 is 1.96 bits per heavy atom. The molecule has 8 heteroatoms. The summed E-state index contributed by atoms with van der Waals surface area (Å²) >= 11 is 2.89. The quantitative estimate of drug-likeness (QED) is 0.543. The lowest BCUT2D eigenvalue weighted by atomic mass is 10.1. The van der Waals surface area contributed by atoms with Gasteiger partial charge in [0.25, 0.3) is 0 Å². The van der Waals surface area contributed by atoms with Crippen LogP contribution in [0.2, 0.25) is 0 Å². The van der Waals surface area contributed by atoms with Gasteiger partial charge in [0.05, 0.1) is 11.4 Å². The zero-order valence-corrected chi connectivity index (χ0v) is 18.3. The maximum Gasteiger partial charge on any atom is 0.236 e. The fourth-order valence-electron chi connectivity index (χ4n) is 2.74. The number of benzene rings is 1. The normalized spacial score (nSPS) is 11.0. The number of anilines is 1. The van der Waals surface area contributed by atoms with Crippen molar-refractivity contribution in [3.8, 4) is 11.3 Å². The Balaban J connectivity index is 1.59.